The maximum Gasteiger partial charge on any atom is 0.223 e. The third-order valence-electron chi connectivity index (χ3n) is 3.00. The summed E-state index contributed by atoms with van der Waals surface area (Å²) in [6, 6.07) is 0. The van der Waals surface area contributed by atoms with Crippen LogP contribution in [0.4, 0.5) is 0 Å². The van der Waals surface area contributed by atoms with Crippen LogP contribution in [0.5, 0.6) is 0 Å². The van der Waals surface area contributed by atoms with Crippen LogP contribution in [0.15, 0.2) is 0 Å². The normalized spacial score (nSPS) is 21.0. The highest BCUT2D eigenvalue weighted by Gasteiger charge is 2.35. The van der Waals surface area contributed by atoms with Gasteiger partial charge in [-0.25, -0.2) is 8.42 Å². The molecule has 106 valence electrons. The van der Waals surface area contributed by atoms with E-state index in [0.29, 0.717) is 18.7 Å². The Morgan fingerprint density at radius 2 is 2.17 bits per heavy atom. The molecular formula is C11H20BrNO3S2. The van der Waals surface area contributed by atoms with Crippen LogP contribution in [0, 0.1) is 0 Å². The van der Waals surface area contributed by atoms with Crippen LogP contribution in [0.2, 0.25) is 0 Å². The second-order valence-corrected chi connectivity index (χ2v) is 8.60. The number of rotatable bonds is 6. The topological polar surface area (TPSA) is 54.5 Å². The van der Waals surface area contributed by atoms with Gasteiger partial charge >= 0.3 is 0 Å². The van der Waals surface area contributed by atoms with Crippen molar-refractivity contribution >= 4 is 43.4 Å². The third kappa shape index (κ3) is 4.42. The summed E-state index contributed by atoms with van der Waals surface area (Å²) in [5, 5.41) is 0.269. The lowest BCUT2D eigenvalue weighted by Crippen LogP contribution is -2.50. The smallest absolute Gasteiger partial charge is 0.223 e. The molecule has 1 heterocycles. The van der Waals surface area contributed by atoms with Gasteiger partial charge in [-0.05, 0) is 12.8 Å². The average molecular weight is 358 g/mol. The Balaban J connectivity index is 2.67. The predicted molar refractivity (Wildman–Crippen MR) is 79.9 cm³/mol. The van der Waals surface area contributed by atoms with Crippen LogP contribution in [0.25, 0.3) is 0 Å². The van der Waals surface area contributed by atoms with E-state index in [1.54, 1.807) is 23.6 Å². The van der Waals surface area contributed by atoms with Crippen LogP contribution in [-0.2, 0) is 14.6 Å². The number of amides is 1. The summed E-state index contributed by atoms with van der Waals surface area (Å²) in [5.74, 6) is 1.43. The first-order valence-electron chi connectivity index (χ1n) is 6.17. The number of nitrogens with zero attached hydrogens (tertiary/aromatic N) is 1. The van der Waals surface area contributed by atoms with Crippen LogP contribution >= 0.6 is 27.7 Å². The van der Waals surface area contributed by atoms with Gasteiger partial charge in [-0.3, -0.25) is 4.79 Å². The number of carbonyl (C=O) groups is 1. The van der Waals surface area contributed by atoms with Crippen molar-refractivity contribution in [1.82, 2.24) is 4.90 Å². The molecule has 1 amide bonds. The average Bonchev–Trinajstić information content (AvgIpc) is 2.39. The molecule has 0 aromatic rings. The lowest BCUT2D eigenvalue weighted by Gasteiger charge is -2.34. The zero-order valence-electron chi connectivity index (χ0n) is 10.6. The van der Waals surface area contributed by atoms with Crippen molar-refractivity contribution in [2.24, 2.45) is 0 Å². The van der Waals surface area contributed by atoms with Gasteiger partial charge in [0, 0.05) is 35.6 Å². The Morgan fingerprint density at radius 3 is 2.78 bits per heavy atom. The number of thioether (sulfide) groups is 1. The molecule has 0 aromatic carbocycles. The van der Waals surface area contributed by atoms with Gasteiger partial charge in [-0.2, -0.15) is 11.8 Å². The number of carbonyl (C=O) groups excluding carboxylic acids is 1. The van der Waals surface area contributed by atoms with Gasteiger partial charge < -0.3 is 4.90 Å². The van der Waals surface area contributed by atoms with Gasteiger partial charge in [0.15, 0.2) is 9.84 Å². The number of alkyl halides is 1. The highest BCUT2D eigenvalue weighted by atomic mass is 79.9. The molecule has 1 aliphatic heterocycles. The zero-order chi connectivity index (χ0) is 13.6. The Labute approximate surface area is 122 Å². The lowest BCUT2D eigenvalue weighted by atomic mass is 10.2. The number of hydrogen-bond donors (Lipinski definition) is 0. The van der Waals surface area contributed by atoms with E-state index in [-0.39, 0.29) is 11.7 Å². The Kier molecular flexibility index (Phi) is 7.02. The highest BCUT2D eigenvalue weighted by molar-refractivity contribution is 9.09. The fourth-order valence-electron chi connectivity index (χ4n) is 1.87. The summed E-state index contributed by atoms with van der Waals surface area (Å²) in [6.45, 7) is 2.20. The van der Waals surface area contributed by atoms with Gasteiger partial charge in [0.1, 0.15) is 5.37 Å². The van der Waals surface area contributed by atoms with Crippen molar-refractivity contribution < 1.29 is 13.2 Å². The number of hydrogen-bond acceptors (Lipinski definition) is 4. The molecule has 1 atom stereocenters. The second kappa shape index (κ2) is 7.75. The molecule has 1 aliphatic rings. The summed E-state index contributed by atoms with van der Waals surface area (Å²) in [4.78, 5) is 13.7. The first-order chi connectivity index (χ1) is 8.53. The Bertz CT molecular complexity index is 372. The minimum atomic E-state index is -3.17. The summed E-state index contributed by atoms with van der Waals surface area (Å²) in [6.07, 6.45) is 2.21. The van der Waals surface area contributed by atoms with E-state index in [4.69, 9.17) is 0 Å². The molecule has 0 N–H and O–H groups in total. The van der Waals surface area contributed by atoms with E-state index < -0.39 is 15.2 Å². The monoisotopic (exact) mass is 357 g/mol. The number of halogens is 1. The number of sulfone groups is 1. The standard InChI is InChI=1S/C11H20BrNO3S2/c1-2-18(15,16)11-9-17-8-7-13(11)10(14)5-3-4-6-12/h11H,2-9H2,1H3. The molecule has 18 heavy (non-hydrogen) atoms. The molecule has 7 heteroatoms. The maximum atomic E-state index is 12.1. The molecule has 0 aromatic heterocycles. The third-order valence-corrected chi connectivity index (χ3v) is 6.85. The molecule has 1 fully saturated rings. The minimum Gasteiger partial charge on any atom is -0.324 e. The molecule has 0 saturated carbocycles. The fourth-order valence-corrected chi connectivity index (χ4v) is 5.25. The summed E-state index contributed by atoms with van der Waals surface area (Å²) in [5.41, 5.74) is 0. The number of unbranched alkanes of at least 4 members (excludes halogenated alkanes) is 1. The Morgan fingerprint density at radius 1 is 1.44 bits per heavy atom. The van der Waals surface area contributed by atoms with E-state index in [9.17, 15) is 13.2 Å². The van der Waals surface area contributed by atoms with Crippen molar-refractivity contribution in [3.8, 4) is 0 Å². The second-order valence-electron chi connectivity index (χ2n) is 4.21. The van der Waals surface area contributed by atoms with Gasteiger partial charge in [0.05, 0.1) is 0 Å². The van der Waals surface area contributed by atoms with Crippen molar-refractivity contribution in [1.29, 1.82) is 0 Å². The van der Waals surface area contributed by atoms with Crippen LogP contribution in [0.3, 0.4) is 0 Å². The zero-order valence-corrected chi connectivity index (χ0v) is 13.8. The Hall–Kier alpha value is 0.250. The van der Waals surface area contributed by atoms with Gasteiger partial charge in [0.2, 0.25) is 5.91 Å². The molecule has 1 unspecified atom stereocenters. The maximum absolute atomic E-state index is 12.1. The SMILES string of the molecule is CCS(=O)(=O)C1CSCCN1C(=O)CCCCBr. The van der Waals surface area contributed by atoms with Gasteiger partial charge in [-0.1, -0.05) is 22.9 Å². The molecule has 0 radical (unpaired) electrons. The largest absolute Gasteiger partial charge is 0.324 e. The minimum absolute atomic E-state index is 0.0155. The van der Waals surface area contributed by atoms with Crippen molar-refractivity contribution in [3.05, 3.63) is 0 Å². The van der Waals surface area contributed by atoms with Crippen LogP contribution in [0.1, 0.15) is 26.2 Å². The van der Waals surface area contributed by atoms with Crippen LogP contribution < -0.4 is 0 Å². The van der Waals surface area contributed by atoms with E-state index in [1.165, 1.54) is 0 Å². The molecular weight excluding hydrogens is 338 g/mol. The van der Waals surface area contributed by atoms with E-state index >= 15 is 0 Å². The summed E-state index contributed by atoms with van der Waals surface area (Å²) in [7, 11) is -3.17. The van der Waals surface area contributed by atoms with Crippen LogP contribution in [-0.4, -0.2) is 53.7 Å². The van der Waals surface area contributed by atoms with Gasteiger partial charge in [-0.15, -0.1) is 0 Å². The quantitative estimate of drug-likeness (QED) is 0.538. The molecule has 1 saturated heterocycles. The first-order valence-corrected chi connectivity index (χ1v) is 10.2. The van der Waals surface area contributed by atoms with Gasteiger partial charge in [0.25, 0.3) is 0 Å². The molecule has 1 rings (SSSR count). The fraction of sp³-hybridized carbons (Fsp3) is 0.909. The lowest BCUT2D eigenvalue weighted by molar-refractivity contribution is -0.131. The predicted octanol–water partition coefficient (Wildman–Crippen LogP) is 1.89. The van der Waals surface area contributed by atoms with E-state index in [1.807, 2.05) is 0 Å². The van der Waals surface area contributed by atoms with Crippen molar-refractivity contribution in [2.45, 2.75) is 31.6 Å². The van der Waals surface area contributed by atoms with E-state index in [2.05, 4.69) is 15.9 Å². The molecule has 0 bridgehead atoms. The molecule has 4 nitrogen and oxygen atoms in total. The first kappa shape index (κ1) is 16.3. The summed E-state index contributed by atoms with van der Waals surface area (Å²) >= 11 is 4.94. The highest BCUT2D eigenvalue weighted by Crippen LogP contribution is 2.22. The molecule has 0 aliphatic carbocycles. The van der Waals surface area contributed by atoms with E-state index in [0.717, 1.165) is 23.9 Å². The summed E-state index contributed by atoms with van der Waals surface area (Å²) < 4.78 is 24.0. The van der Waals surface area contributed by atoms with Crippen molar-refractivity contribution in [2.75, 3.05) is 29.1 Å². The van der Waals surface area contributed by atoms with Crippen molar-refractivity contribution in [3.63, 3.8) is 0 Å². The molecule has 0 spiro atoms.